The maximum atomic E-state index is 13.1. The summed E-state index contributed by atoms with van der Waals surface area (Å²) in [4.78, 5) is 16.4. The summed E-state index contributed by atoms with van der Waals surface area (Å²) < 4.78 is 49.9. The highest BCUT2D eigenvalue weighted by molar-refractivity contribution is 5.76. The molecule has 0 bridgehead atoms. The minimum Gasteiger partial charge on any atom is -0.494 e. The molecule has 3 rings (SSSR count). The summed E-state index contributed by atoms with van der Waals surface area (Å²) in [5.74, 6) is -0.536. The molecular weight excluding hydrogens is 387 g/mol. The van der Waals surface area contributed by atoms with E-state index in [1.54, 1.807) is 24.3 Å². The molecule has 6 nitrogen and oxygen atoms in total. The van der Waals surface area contributed by atoms with Gasteiger partial charge in [0.2, 0.25) is 17.6 Å². The second-order valence-electron chi connectivity index (χ2n) is 7.08. The van der Waals surface area contributed by atoms with Crippen LogP contribution in [-0.2, 0) is 11.2 Å². The van der Waals surface area contributed by atoms with Crippen molar-refractivity contribution in [2.24, 2.45) is 5.92 Å². The largest absolute Gasteiger partial charge is 0.494 e. The van der Waals surface area contributed by atoms with Crippen LogP contribution in [0.25, 0.3) is 11.4 Å². The zero-order chi connectivity index (χ0) is 20.9. The molecule has 1 aliphatic carbocycles. The van der Waals surface area contributed by atoms with Gasteiger partial charge < -0.3 is 14.6 Å². The number of nitrogens with zero attached hydrogens (tertiary/aromatic N) is 2. The van der Waals surface area contributed by atoms with Gasteiger partial charge in [-0.25, -0.2) is 0 Å². The van der Waals surface area contributed by atoms with Crippen molar-refractivity contribution in [2.75, 3.05) is 6.61 Å². The van der Waals surface area contributed by atoms with E-state index in [0.717, 1.165) is 11.3 Å². The van der Waals surface area contributed by atoms with Crippen molar-refractivity contribution >= 4 is 5.91 Å². The summed E-state index contributed by atoms with van der Waals surface area (Å²) in [6, 6.07) is 6.32. The Kier molecular flexibility index (Phi) is 6.76. The van der Waals surface area contributed by atoms with Crippen molar-refractivity contribution in [2.45, 2.75) is 57.7 Å². The molecular formula is C20H24F3N3O3. The first-order valence-corrected chi connectivity index (χ1v) is 9.78. The Morgan fingerprint density at radius 2 is 1.97 bits per heavy atom. The van der Waals surface area contributed by atoms with Gasteiger partial charge in [-0.3, -0.25) is 4.79 Å². The Labute approximate surface area is 166 Å². The van der Waals surface area contributed by atoms with E-state index < -0.39 is 24.0 Å². The third-order valence-corrected chi connectivity index (χ3v) is 4.99. The SMILES string of the molecule is CCOc1ccc(-c2noc(CCC(=O)NC3CCCCC3C(F)(F)F)n2)cc1. The van der Waals surface area contributed by atoms with Gasteiger partial charge in [-0.1, -0.05) is 18.0 Å². The first kappa shape index (κ1) is 21.1. The van der Waals surface area contributed by atoms with Gasteiger partial charge in [-0.2, -0.15) is 18.2 Å². The van der Waals surface area contributed by atoms with E-state index in [-0.39, 0.29) is 25.2 Å². The van der Waals surface area contributed by atoms with Crippen LogP contribution < -0.4 is 10.1 Å². The highest BCUT2D eigenvalue weighted by Gasteiger charge is 2.45. The van der Waals surface area contributed by atoms with Crippen LogP contribution in [0.3, 0.4) is 0 Å². The average molecular weight is 411 g/mol. The lowest BCUT2D eigenvalue weighted by atomic mass is 9.84. The number of nitrogens with one attached hydrogen (secondary N) is 1. The van der Waals surface area contributed by atoms with Gasteiger partial charge in [0.25, 0.3) is 0 Å². The summed E-state index contributed by atoms with van der Waals surface area (Å²) >= 11 is 0. The molecule has 2 atom stereocenters. The van der Waals surface area contributed by atoms with Gasteiger partial charge >= 0.3 is 6.18 Å². The number of ether oxygens (including phenoxy) is 1. The van der Waals surface area contributed by atoms with Crippen LogP contribution in [-0.4, -0.2) is 34.9 Å². The molecule has 1 aromatic carbocycles. The Morgan fingerprint density at radius 3 is 2.66 bits per heavy atom. The second-order valence-corrected chi connectivity index (χ2v) is 7.08. The highest BCUT2D eigenvalue weighted by atomic mass is 19.4. The highest BCUT2D eigenvalue weighted by Crippen LogP contribution is 2.37. The standard InChI is InChI=1S/C20H24F3N3O3/c1-2-28-14-9-7-13(8-10-14)19-25-18(29-26-19)12-11-17(27)24-16-6-4-3-5-15(16)20(21,22)23/h7-10,15-16H,2-6,11-12H2,1H3,(H,24,27). The summed E-state index contributed by atoms with van der Waals surface area (Å²) in [5.41, 5.74) is 0.739. The number of alkyl halides is 3. The third-order valence-electron chi connectivity index (χ3n) is 4.99. The van der Waals surface area contributed by atoms with Crippen molar-refractivity contribution in [3.05, 3.63) is 30.2 Å². The number of hydrogen-bond donors (Lipinski definition) is 1. The summed E-state index contributed by atoms with van der Waals surface area (Å²) in [7, 11) is 0. The topological polar surface area (TPSA) is 77.2 Å². The summed E-state index contributed by atoms with van der Waals surface area (Å²) in [5, 5.41) is 6.43. The molecule has 1 N–H and O–H groups in total. The molecule has 0 aliphatic heterocycles. The first-order chi connectivity index (χ1) is 13.9. The minimum absolute atomic E-state index is 0.00795. The molecule has 2 aromatic rings. The predicted octanol–water partition coefficient (Wildman–Crippen LogP) is 4.31. The molecule has 0 radical (unpaired) electrons. The lowest BCUT2D eigenvalue weighted by Gasteiger charge is -2.33. The van der Waals surface area contributed by atoms with Crippen LogP contribution in [0.1, 0.15) is 44.9 Å². The summed E-state index contributed by atoms with van der Waals surface area (Å²) in [6.45, 7) is 2.46. The van der Waals surface area contributed by atoms with Gasteiger partial charge in [0.05, 0.1) is 12.5 Å². The molecule has 9 heteroatoms. The first-order valence-electron chi connectivity index (χ1n) is 9.78. The van der Waals surface area contributed by atoms with Crippen LogP contribution in [0.5, 0.6) is 5.75 Å². The zero-order valence-electron chi connectivity index (χ0n) is 16.2. The molecule has 1 fully saturated rings. The molecule has 0 saturated heterocycles. The molecule has 0 spiro atoms. The number of rotatable bonds is 7. The Morgan fingerprint density at radius 1 is 1.24 bits per heavy atom. The van der Waals surface area contributed by atoms with E-state index in [1.165, 1.54) is 0 Å². The van der Waals surface area contributed by atoms with Gasteiger partial charge in [0.15, 0.2) is 0 Å². The van der Waals surface area contributed by atoms with E-state index >= 15 is 0 Å². The van der Waals surface area contributed by atoms with Gasteiger partial charge in [-0.05, 0) is 44.0 Å². The molecule has 1 aromatic heterocycles. The summed E-state index contributed by atoms with van der Waals surface area (Å²) in [6.07, 6.45) is -2.51. The Balaban J connectivity index is 1.53. The second kappa shape index (κ2) is 9.28. The van der Waals surface area contributed by atoms with Crippen molar-refractivity contribution < 1.29 is 27.2 Å². The molecule has 1 saturated carbocycles. The number of hydrogen-bond acceptors (Lipinski definition) is 5. The maximum Gasteiger partial charge on any atom is 0.393 e. The molecule has 1 aliphatic rings. The quantitative estimate of drug-likeness (QED) is 0.735. The van der Waals surface area contributed by atoms with Crippen molar-refractivity contribution in [1.29, 1.82) is 0 Å². The monoisotopic (exact) mass is 411 g/mol. The van der Waals surface area contributed by atoms with Crippen molar-refractivity contribution in [3.8, 4) is 17.1 Å². The number of amides is 1. The number of carbonyl (C=O) groups is 1. The Bertz CT molecular complexity index is 805. The molecule has 29 heavy (non-hydrogen) atoms. The normalized spacial score (nSPS) is 19.7. The molecule has 1 heterocycles. The van der Waals surface area contributed by atoms with E-state index in [2.05, 4.69) is 15.5 Å². The van der Waals surface area contributed by atoms with Crippen molar-refractivity contribution in [1.82, 2.24) is 15.5 Å². The van der Waals surface area contributed by atoms with Gasteiger partial charge in [0, 0.05) is 24.4 Å². The number of benzene rings is 1. The number of carbonyl (C=O) groups excluding carboxylic acids is 1. The van der Waals surface area contributed by atoms with E-state index in [9.17, 15) is 18.0 Å². The van der Waals surface area contributed by atoms with Crippen LogP contribution in [0, 0.1) is 5.92 Å². The number of aryl methyl sites for hydroxylation is 1. The zero-order valence-corrected chi connectivity index (χ0v) is 16.2. The lowest BCUT2D eigenvalue weighted by Crippen LogP contribution is -2.47. The molecule has 2 unspecified atom stereocenters. The number of halogens is 3. The minimum atomic E-state index is -4.29. The van der Waals surface area contributed by atoms with E-state index in [1.807, 2.05) is 6.92 Å². The molecule has 1 amide bonds. The van der Waals surface area contributed by atoms with E-state index in [4.69, 9.17) is 9.26 Å². The average Bonchev–Trinajstić information content (AvgIpc) is 3.16. The van der Waals surface area contributed by atoms with Crippen LogP contribution >= 0.6 is 0 Å². The maximum absolute atomic E-state index is 13.1. The number of aromatic nitrogens is 2. The van der Waals surface area contributed by atoms with Gasteiger partial charge in [0.1, 0.15) is 5.75 Å². The van der Waals surface area contributed by atoms with Gasteiger partial charge in [-0.15, -0.1) is 0 Å². The fourth-order valence-corrected chi connectivity index (χ4v) is 3.54. The van der Waals surface area contributed by atoms with E-state index in [0.29, 0.717) is 31.7 Å². The predicted molar refractivity (Wildman–Crippen MR) is 99.2 cm³/mol. The smallest absolute Gasteiger partial charge is 0.393 e. The fraction of sp³-hybridized carbons (Fsp3) is 0.550. The van der Waals surface area contributed by atoms with Crippen LogP contribution in [0.2, 0.25) is 0 Å². The van der Waals surface area contributed by atoms with Crippen LogP contribution in [0.15, 0.2) is 28.8 Å². The lowest BCUT2D eigenvalue weighted by molar-refractivity contribution is -0.189. The third kappa shape index (κ3) is 5.71. The molecule has 158 valence electrons. The van der Waals surface area contributed by atoms with Crippen LogP contribution in [0.4, 0.5) is 13.2 Å². The Hall–Kier alpha value is -2.58. The van der Waals surface area contributed by atoms with Crippen molar-refractivity contribution in [3.63, 3.8) is 0 Å². The fourth-order valence-electron chi connectivity index (χ4n) is 3.54.